The lowest BCUT2D eigenvalue weighted by Crippen LogP contribution is -3.18. The van der Waals surface area contributed by atoms with Crippen molar-refractivity contribution in [2.45, 2.75) is 44.6 Å². The summed E-state index contributed by atoms with van der Waals surface area (Å²) in [6.45, 7) is 1.44. The number of quaternary nitrogens is 1. The lowest BCUT2D eigenvalue weighted by atomic mass is 9.78. The summed E-state index contributed by atoms with van der Waals surface area (Å²) in [5.74, 6) is 0.0449. The van der Waals surface area contributed by atoms with Gasteiger partial charge in [-0.15, -0.1) is 0 Å². The second-order valence-electron chi connectivity index (χ2n) is 7.21. The van der Waals surface area contributed by atoms with Crippen LogP contribution in [0.3, 0.4) is 0 Å². The lowest BCUT2D eigenvalue weighted by Gasteiger charge is -2.40. The van der Waals surface area contributed by atoms with Crippen LogP contribution in [0, 0.1) is 11.7 Å². The van der Waals surface area contributed by atoms with E-state index in [1.54, 1.807) is 0 Å². The Kier molecular flexibility index (Phi) is 6.02. The van der Waals surface area contributed by atoms with E-state index in [4.69, 9.17) is 0 Å². The normalized spacial score (nSPS) is 25.7. The molecule has 5 nitrogen and oxygen atoms in total. The number of hydrogen-bond acceptors (Lipinski definition) is 2. The Morgan fingerprint density at radius 1 is 1.04 bits per heavy atom. The van der Waals surface area contributed by atoms with Crippen molar-refractivity contribution in [2.24, 2.45) is 5.92 Å². The minimum atomic E-state index is -0.350. The van der Waals surface area contributed by atoms with Gasteiger partial charge < -0.3 is 15.5 Å². The molecule has 2 aliphatic rings. The van der Waals surface area contributed by atoms with Crippen LogP contribution in [0.5, 0.6) is 0 Å². The Bertz CT molecular complexity index is 603. The Balaban J connectivity index is 1.42. The Hall–Kier alpha value is -1.95. The van der Waals surface area contributed by atoms with Crippen LogP contribution in [0.1, 0.15) is 38.5 Å². The van der Waals surface area contributed by atoms with Gasteiger partial charge in [-0.25, -0.2) is 4.39 Å². The molecule has 1 aromatic rings. The zero-order valence-corrected chi connectivity index (χ0v) is 14.5. The highest BCUT2D eigenvalue weighted by Crippen LogP contribution is 2.28. The predicted octanol–water partition coefficient (Wildman–Crippen LogP) is 1.12. The van der Waals surface area contributed by atoms with Gasteiger partial charge in [-0.2, -0.15) is 0 Å². The number of amides is 2. The molecule has 0 aromatic heterocycles. The Labute approximate surface area is 148 Å². The molecule has 1 heterocycles. The largest absolute Gasteiger partial charge is 0.342 e. The number of hydrogen-bond donors (Lipinski definition) is 3. The van der Waals surface area contributed by atoms with Crippen molar-refractivity contribution in [2.75, 3.05) is 25.0 Å². The average Bonchev–Trinajstić information content (AvgIpc) is 2.62. The molecular weight excluding hydrogens is 321 g/mol. The van der Waals surface area contributed by atoms with Gasteiger partial charge >= 0.3 is 0 Å². The van der Waals surface area contributed by atoms with Gasteiger partial charge in [0, 0.05) is 11.6 Å². The molecule has 3 rings (SSSR count). The van der Waals surface area contributed by atoms with Crippen LogP contribution in [0.4, 0.5) is 10.1 Å². The van der Waals surface area contributed by atoms with E-state index in [0.29, 0.717) is 18.3 Å². The van der Waals surface area contributed by atoms with E-state index >= 15 is 0 Å². The molecule has 0 bridgehead atoms. The van der Waals surface area contributed by atoms with Crippen molar-refractivity contribution in [1.82, 2.24) is 5.32 Å². The van der Waals surface area contributed by atoms with E-state index < -0.39 is 0 Å². The maximum absolute atomic E-state index is 12.8. The minimum Gasteiger partial charge on any atom is -0.342 e. The van der Waals surface area contributed by atoms with Crippen LogP contribution in [-0.4, -0.2) is 37.5 Å². The molecule has 136 valence electrons. The molecule has 2 fully saturated rings. The highest BCUT2D eigenvalue weighted by atomic mass is 19.1. The molecule has 1 saturated carbocycles. The SMILES string of the molecule is O=C(C[NH+]1CCC[C@H]2CCCC[C@@H]21)NCC(=O)Nc1ccc(F)cc1. The van der Waals surface area contributed by atoms with Crippen LogP contribution in [-0.2, 0) is 9.59 Å². The molecule has 1 aromatic carbocycles. The number of anilines is 1. The van der Waals surface area contributed by atoms with Gasteiger partial charge in [0.2, 0.25) is 5.91 Å². The summed E-state index contributed by atoms with van der Waals surface area (Å²) in [6, 6.07) is 6.18. The molecule has 2 amide bonds. The van der Waals surface area contributed by atoms with Gasteiger partial charge in [0.15, 0.2) is 6.54 Å². The number of likely N-dealkylation sites (tertiary alicyclic amines) is 1. The summed E-state index contributed by atoms with van der Waals surface area (Å²) in [4.78, 5) is 25.5. The maximum atomic E-state index is 12.8. The molecule has 25 heavy (non-hydrogen) atoms. The molecule has 1 aliphatic carbocycles. The van der Waals surface area contributed by atoms with Crippen LogP contribution in [0.2, 0.25) is 0 Å². The number of benzene rings is 1. The van der Waals surface area contributed by atoms with Crippen molar-refractivity contribution in [3.8, 4) is 0 Å². The van der Waals surface area contributed by atoms with E-state index in [1.165, 1.54) is 67.7 Å². The Morgan fingerprint density at radius 3 is 2.56 bits per heavy atom. The van der Waals surface area contributed by atoms with Crippen molar-refractivity contribution >= 4 is 17.5 Å². The molecule has 1 unspecified atom stereocenters. The fraction of sp³-hybridized carbons (Fsp3) is 0.579. The van der Waals surface area contributed by atoms with E-state index in [-0.39, 0.29) is 24.2 Å². The summed E-state index contributed by atoms with van der Waals surface area (Å²) in [5, 5.41) is 5.36. The van der Waals surface area contributed by atoms with Crippen molar-refractivity contribution < 1.29 is 18.9 Å². The number of carbonyl (C=O) groups is 2. The number of halogens is 1. The summed E-state index contributed by atoms with van der Waals surface area (Å²) >= 11 is 0. The van der Waals surface area contributed by atoms with Crippen molar-refractivity contribution in [3.63, 3.8) is 0 Å². The minimum absolute atomic E-state index is 0.0580. The number of piperidine rings is 1. The number of fused-ring (bicyclic) bond motifs is 1. The molecule has 1 saturated heterocycles. The molecule has 0 radical (unpaired) electrons. The quantitative estimate of drug-likeness (QED) is 0.747. The van der Waals surface area contributed by atoms with Gasteiger partial charge in [-0.3, -0.25) is 9.59 Å². The Morgan fingerprint density at radius 2 is 1.76 bits per heavy atom. The second-order valence-corrected chi connectivity index (χ2v) is 7.21. The van der Waals surface area contributed by atoms with Crippen LogP contribution < -0.4 is 15.5 Å². The zero-order chi connectivity index (χ0) is 17.6. The van der Waals surface area contributed by atoms with E-state index in [1.807, 2.05) is 0 Å². The molecule has 6 heteroatoms. The molecular formula is C19H27FN3O2+. The monoisotopic (exact) mass is 348 g/mol. The van der Waals surface area contributed by atoms with Crippen molar-refractivity contribution in [1.29, 1.82) is 0 Å². The van der Waals surface area contributed by atoms with Crippen LogP contribution in [0.25, 0.3) is 0 Å². The maximum Gasteiger partial charge on any atom is 0.275 e. The average molecular weight is 348 g/mol. The van der Waals surface area contributed by atoms with Gasteiger partial charge in [0.25, 0.3) is 5.91 Å². The highest BCUT2D eigenvalue weighted by Gasteiger charge is 2.37. The number of rotatable bonds is 5. The fourth-order valence-corrected chi connectivity index (χ4v) is 4.27. The summed E-state index contributed by atoms with van der Waals surface area (Å²) < 4.78 is 12.8. The smallest absolute Gasteiger partial charge is 0.275 e. The lowest BCUT2D eigenvalue weighted by molar-refractivity contribution is -0.928. The first-order chi connectivity index (χ1) is 12.1. The second kappa shape index (κ2) is 8.43. The van der Waals surface area contributed by atoms with Crippen LogP contribution in [0.15, 0.2) is 24.3 Å². The van der Waals surface area contributed by atoms with Crippen molar-refractivity contribution in [3.05, 3.63) is 30.1 Å². The van der Waals surface area contributed by atoms with Crippen LogP contribution >= 0.6 is 0 Å². The van der Waals surface area contributed by atoms with Gasteiger partial charge in [-0.1, -0.05) is 6.42 Å². The summed E-state index contributed by atoms with van der Waals surface area (Å²) in [5.41, 5.74) is 0.521. The molecule has 3 N–H and O–H groups in total. The van der Waals surface area contributed by atoms with Gasteiger partial charge in [-0.05, 0) is 56.4 Å². The fourth-order valence-electron chi connectivity index (χ4n) is 4.27. The van der Waals surface area contributed by atoms with E-state index in [2.05, 4.69) is 10.6 Å². The third-order valence-electron chi connectivity index (χ3n) is 5.47. The third-order valence-corrected chi connectivity index (χ3v) is 5.47. The topological polar surface area (TPSA) is 62.6 Å². The standard InChI is InChI=1S/C19H26FN3O2/c20-15-7-9-16(10-8-15)22-18(24)12-21-19(25)13-23-11-3-5-14-4-1-2-6-17(14)23/h7-10,14,17H,1-6,11-13H2,(H,21,25)(H,22,24)/p+1/t14-,17+/m1/s1. The molecule has 1 aliphatic heterocycles. The summed E-state index contributed by atoms with van der Waals surface area (Å²) in [7, 11) is 0. The van der Waals surface area contributed by atoms with E-state index in [9.17, 15) is 14.0 Å². The first-order valence-corrected chi connectivity index (χ1v) is 9.28. The first kappa shape index (κ1) is 17.9. The third kappa shape index (κ3) is 5.01. The van der Waals surface area contributed by atoms with Gasteiger partial charge in [0.1, 0.15) is 5.82 Å². The highest BCUT2D eigenvalue weighted by molar-refractivity contribution is 5.94. The van der Waals surface area contributed by atoms with E-state index in [0.717, 1.165) is 12.5 Å². The zero-order valence-electron chi connectivity index (χ0n) is 14.5. The number of nitrogens with one attached hydrogen (secondary N) is 3. The molecule has 3 atom stereocenters. The number of carbonyl (C=O) groups excluding carboxylic acids is 2. The molecule has 0 spiro atoms. The van der Waals surface area contributed by atoms with Gasteiger partial charge in [0.05, 0.1) is 19.1 Å². The predicted molar refractivity (Wildman–Crippen MR) is 93.7 cm³/mol. The summed E-state index contributed by atoms with van der Waals surface area (Å²) in [6.07, 6.45) is 7.61. The first-order valence-electron chi connectivity index (χ1n) is 9.28.